The predicted molar refractivity (Wildman–Crippen MR) is 109 cm³/mol. The van der Waals surface area contributed by atoms with Crippen LogP contribution in [0.1, 0.15) is 18.6 Å². The fraction of sp³-hybridized carbons (Fsp3) is 0.294. The van der Waals surface area contributed by atoms with E-state index in [0.717, 1.165) is 28.0 Å². The summed E-state index contributed by atoms with van der Waals surface area (Å²) >= 11 is 1.65. The largest absolute Gasteiger partial charge is 0.457 e. The molecule has 1 saturated carbocycles. The molecule has 1 aromatic carbocycles. The Labute approximate surface area is 161 Å². The van der Waals surface area contributed by atoms with Crippen molar-refractivity contribution in [2.45, 2.75) is 25.4 Å². The molecule has 1 aliphatic rings. The van der Waals surface area contributed by atoms with Crippen molar-refractivity contribution in [1.82, 2.24) is 15.6 Å². The van der Waals surface area contributed by atoms with Crippen LogP contribution in [0, 0.1) is 0 Å². The predicted octanol–water partition coefficient (Wildman–Crippen LogP) is 4.00. The number of guanidine groups is 1. The topological polar surface area (TPSA) is 62.5 Å². The normalized spacial score (nSPS) is 14.5. The third kappa shape index (κ3) is 3.89. The summed E-state index contributed by atoms with van der Waals surface area (Å²) in [5.41, 5.74) is 1.01. The average molecular weight is 454 g/mol. The molecule has 0 amide bonds. The molecule has 2 aromatic heterocycles. The summed E-state index contributed by atoms with van der Waals surface area (Å²) in [7, 11) is 1.78. The fourth-order valence-electron chi connectivity index (χ4n) is 2.35. The van der Waals surface area contributed by atoms with Gasteiger partial charge in [0.05, 0.1) is 16.8 Å². The minimum atomic E-state index is 0. The minimum absolute atomic E-state index is 0. The van der Waals surface area contributed by atoms with Gasteiger partial charge in [0.25, 0.3) is 0 Å². The molecular weight excluding hydrogens is 435 g/mol. The van der Waals surface area contributed by atoms with E-state index in [1.54, 1.807) is 18.4 Å². The second kappa shape index (κ2) is 7.52. The number of aliphatic imine (C=N–C) groups is 1. The minimum Gasteiger partial charge on any atom is -0.457 e. The Morgan fingerprint density at radius 3 is 2.88 bits per heavy atom. The summed E-state index contributed by atoms with van der Waals surface area (Å²) in [4.78, 5) is 8.84. The second-order valence-electron chi connectivity index (χ2n) is 5.60. The standard InChI is InChI=1S/C17H18N4OS.HI/c1-18-17(20-11-6-7-11)19-10-12-8-9-14(22-12)16-21-13-4-2-3-5-15(13)23-16;/h2-5,8-9,11H,6-7,10H2,1H3,(H2,18,19,20);1H. The maximum Gasteiger partial charge on any atom is 0.191 e. The van der Waals surface area contributed by atoms with Gasteiger partial charge in [0.15, 0.2) is 16.7 Å². The van der Waals surface area contributed by atoms with Crippen LogP contribution in [-0.4, -0.2) is 24.0 Å². The van der Waals surface area contributed by atoms with Gasteiger partial charge in [-0.3, -0.25) is 4.99 Å². The summed E-state index contributed by atoms with van der Waals surface area (Å²) < 4.78 is 7.09. The van der Waals surface area contributed by atoms with Gasteiger partial charge >= 0.3 is 0 Å². The number of hydrogen-bond donors (Lipinski definition) is 2. The van der Waals surface area contributed by atoms with Gasteiger partial charge in [-0.2, -0.15) is 0 Å². The molecule has 2 heterocycles. The van der Waals surface area contributed by atoms with Gasteiger partial charge in [0.2, 0.25) is 0 Å². The van der Waals surface area contributed by atoms with Gasteiger partial charge in [-0.25, -0.2) is 4.98 Å². The van der Waals surface area contributed by atoms with Gasteiger partial charge in [-0.05, 0) is 37.1 Å². The lowest BCUT2D eigenvalue weighted by Gasteiger charge is -2.09. The Hall–Kier alpha value is -1.61. The number of para-hydroxylation sites is 1. The van der Waals surface area contributed by atoms with Crippen molar-refractivity contribution >= 4 is 51.5 Å². The molecule has 126 valence electrons. The van der Waals surface area contributed by atoms with Gasteiger partial charge in [0, 0.05) is 13.1 Å². The number of nitrogens with zero attached hydrogens (tertiary/aromatic N) is 2. The molecule has 2 N–H and O–H groups in total. The third-order valence-electron chi connectivity index (χ3n) is 3.74. The molecule has 4 rings (SSSR count). The molecule has 0 spiro atoms. The first-order valence-electron chi connectivity index (χ1n) is 7.73. The van der Waals surface area contributed by atoms with Crippen molar-refractivity contribution < 1.29 is 4.42 Å². The number of thiazole rings is 1. The lowest BCUT2D eigenvalue weighted by molar-refractivity contribution is 0.513. The Bertz CT molecular complexity index is 820. The van der Waals surface area contributed by atoms with Crippen LogP contribution < -0.4 is 10.6 Å². The van der Waals surface area contributed by atoms with Gasteiger partial charge in [-0.15, -0.1) is 35.3 Å². The van der Waals surface area contributed by atoms with Crippen molar-refractivity contribution in [3.05, 3.63) is 42.2 Å². The third-order valence-corrected chi connectivity index (χ3v) is 4.79. The quantitative estimate of drug-likeness (QED) is 0.356. The van der Waals surface area contributed by atoms with Crippen LogP contribution in [0.2, 0.25) is 0 Å². The van der Waals surface area contributed by atoms with Crippen LogP contribution in [0.15, 0.2) is 45.8 Å². The first kappa shape index (κ1) is 17.2. The molecule has 0 radical (unpaired) electrons. The lowest BCUT2D eigenvalue weighted by atomic mass is 10.3. The first-order chi connectivity index (χ1) is 11.3. The molecule has 0 bridgehead atoms. The van der Waals surface area contributed by atoms with Crippen molar-refractivity contribution in [2.75, 3.05) is 7.05 Å². The Balaban J connectivity index is 0.00000169. The second-order valence-corrected chi connectivity index (χ2v) is 6.63. The number of rotatable bonds is 4. The average Bonchev–Trinajstić information content (AvgIpc) is 3.11. The number of furan rings is 1. The molecular formula is C17H19IN4OS. The summed E-state index contributed by atoms with van der Waals surface area (Å²) in [5, 5.41) is 7.55. The maximum atomic E-state index is 5.92. The van der Waals surface area contributed by atoms with Crippen molar-refractivity contribution in [2.24, 2.45) is 4.99 Å². The van der Waals surface area contributed by atoms with Crippen LogP contribution in [0.4, 0.5) is 0 Å². The zero-order valence-corrected chi connectivity index (χ0v) is 16.4. The highest BCUT2D eigenvalue weighted by atomic mass is 127. The highest BCUT2D eigenvalue weighted by Crippen LogP contribution is 2.31. The summed E-state index contributed by atoms with van der Waals surface area (Å²) in [6, 6.07) is 12.7. The van der Waals surface area contributed by atoms with Gasteiger partial charge in [0.1, 0.15) is 5.76 Å². The van der Waals surface area contributed by atoms with Crippen molar-refractivity contribution in [3.63, 3.8) is 0 Å². The van der Waals surface area contributed by atoms with E-state index in [1.165, 1.54) is 17.5 Å². The molecule has 5 nitrogen and oxygen atoms in total. The van der Waals surface area contributed by atoms with Gasteiger partial charge in [-0.1, -0.05) is 12.1 Å². The number of hydrogen-bond acceptors (Lipinski definition) is 4. The summed E-state index contributed by atoms with van der Waals surface area (Å²) in [6.45, 7) is 0.608. The molecule has 0 unspecified atom stereocenters. The molecule has 1 aliphatic carbocycles. The van der Waals surface area contributed by atoms with E-state index in [1.807, 2.05) is 30.3 Å². The zero-order chi connectivity index (χ0) is 15.6. The van der Waals surface area contributed by atoms with E-state index in [0.29, 0.717) is 12.6 Å². The number of aromatic nitrogens is 1. The number of fused-ring (bicyclic) bond motifs is 1. The Morgan fingerprint density at radius 1 is 1.29 bits per heavy atom. The molecule has 0 saturated heterocycles. The molecule has 3 aromatic rings. The molecule has 7 heteroatoms. The maximum absolute atomic E-state index is 5.92. The van der Waals surface area contributed by atoms with Crippen molar-refractivity contribution in [1.29, 1.82) is 0 Å². The number of halogens is 1. The summed E-state index contributed by atoms with van der Waals surface area (Å²) in [5.74, 6) is 2.51. The molecule has 1 fully saturated rings. The van der Waals surface area contributed by atoms with E-state index in [2.05, 4.69) is 26.7 Å². The Morgan fingerprint density at radius 2 is 2.12 bits per heavy atom. The lowest BCUT2D eigenvalue weighted by Crippen LogP contribution is -2.37. The molecule has 0 aliphatic heterocycles. The highest BCUT2D eigenvalue weighted by Gasteiger charge is 2.22. The zero-order valence-electron chi connectivity index (χ0n) is 13.3. The van der Waals surface area contributed by atoms with Crippen LogP contribution in [0.5, 0.6) is 0 Å². The number of benzene rings is 1. The van der Waals surface area contributed by atoms with Crippen LogP contribution >= 0.6 is 35.3 Å². The van der Waals surface area contributed by atoms with Crippen molar-refractivity contribution in [3.8, 4) is 10.8 Å². The Kier molecular flexibility index (Phi) is 5.40. The van der Waals surface area contributed by atoms with Crippen LogP contribution in [0.25, 0.3) is 21.0 Å². The fourth-order valence-corrected chi connectivity index (χ4v) is 3.28. The van der Waals surface area contributed by atoms with E-state index >= 15 is 0 Å². The highest BCUT2D eigenvalue weighted by molar-refractivity contribution is 14.0. The SMILES string of the molecule is CN=C(NCc1ccc(-c2nc3ccccc3s2)o1)NC1CC1.I. The monoisotopic (exact) mass is 454 g/mol. The molecule has 24 heavy (non-hydrogen) atoms. The number of nitrogens with one attached hydrogen (secondary N) is 2. The van der Waals surface area contributed by atoms with Crippen LogP contribution in [-0.2, 0) is 6.54 Å². The van der Waals surface area contributed by atoms with E-state index in [4.69, 9.17) is 4.42 Å². The van der Waals surface area contributed by atoms with Gasteiger partial charge < -0.3 is 15.1 Å². The summed E-state index contributed by atoms with van der Waals surface area (Å²) in [6.07, 6.45) is 2.45. The van der Waals surface area contributed by atoms with Crippen LogP contribution in [0.3, 0.4) is 0 Å². The van der Waals surface area contributed by atoms with E-state index in [-0.39, 0.29) is 24.0 Å². The van der Waals surface area contributed by atoms with E-state index < -0.39 is 0 Å². The first-order valence-corrected chi connectivity index (χ1v) is 8.55. The smallest absolute Gasteiger partial charge is 0.191 e. The van der Waals surface area contributed by atoms with E-state index in [9.17, 15) is 0 Å². The molecule has 0 atom stereocenters.